The van der Waals surface area contributed by atoms with E-state index >= 15 is 0 Å². The quantitative estimate of drug-likeness (QED) is 0.767. The lowest BCUT2D eigenvalue weighted by atomic mass is 10.1. The van der Waals surface area contributed by atoms with E-state index in [2.05, 4.69) is 5.32 Å². The highest BCUT2D eigenvalue weighted by Crippen LogP contribution is 2.34. The first-order valence-corrected chi connectivity index (χ1v) is 8.99. The summed E-state index contributed by atoms with van der Waals surface area (Å²) in [4.78, 5) is 38.6. The number of para-hydroxylation sites is 1. The summed E-state index contributed by atoms with van der Waals surface area (Å²) in [5.41, 5.74) is 1.56. The number of thiophene rings is 1. The number of methoxy groups -OCH3 is 1. The average Bonchev–Trinajstić information content (AvgIpc) is 2.95. The van der Waals surface area contributed by atoms with Crippen molar-refractivity contribution in [3.05, 3.63) is 45.8 Å². The summed E-state index contributed by atoms with van der Waals surface area (Å²) in [5.74, 6) is -0.698. The molecule has 2 rings (SSSR count). The number of aryl methyl sites for hydroxylation is 1. The van der Waals surface area contributed by atoms with Gasteiger partial charge in [0.1, 0.15) is 10.8 Å². The van der Waals surface area contributed by atoms with Crippen molar-refractivity contribution in [3.63, 3.8) is 0 Å². The first kappa shape index (κ1) is 20.4. The Balaban J connectivity index is 2.22. The minimum atomic E-state index is -0.614. The van der Waals surface area contributed by atoms with Gasteiger partial charge in [-0.25, -0.2) is 4.79 Å². The van der Waals surface area contributed by atoms with Crippen molar-refractivity contribution in [2.75, 3.05) is 33.1 Å². The van der Waals surface area contributed by atoms with Crippen molar-refractivity contribution in [2.45, 2.75) is 13.8 Å². The van der Waals surface area contributed by atoms with Gasteiger partial charge in [-0.1, -0.05) is 18.2 Å². The summed E-state index contributed by atoms with van der Waals surface area (Å²) < 4.78 is 10.3. The van der Waals surface area contributed by atoms with Crippen molar-refractivity contribution < 1.29 is 23.9 Å². The molecule has 27 heavy (non-hydrogen) atoms. The lowest BCUT2D eigenvalue weighted by Crippen LogP contribution is -2.21. The number of carbonyl (C=O) groups is 3. The predicted molar refractivity (Wildman–Crippen MR) is 104 cm³/mol. The summed E-state index contributed by atoms with van der Waals surface area (Å²) in [6.45, 7) is 3.31. The number of nitrogens with one attached hydrogen (secondary N) is 1. The second kappa shape index (κ2) is 8.68. The molecule has 1 N–H and O–H groups in total. The van der Waals surface area contributed by atoms with Crippen LogP contribution in [0.1, 0.15) is 31.2 Å². The zero-order valence-electron chi connectivity index (χ0n) is 15.9. The van der Waals surface area contributed by atoms with Gasteiger partial charge in [0.25, 0.3) is 11.8 Å². The van der Waals surface area contributed by atoms with Crippen LogP contribution in [0, 0.1) is 13.8 Å². The van der Waals surface area contributed by atoms with Crippen LogP contribution >= 0.6 is 11.3 Å². The van der Waals surface area contributed by atoms with Gasteiger partial charge >= 0.3 is 5.97 Å². The molecule has 0 unspecified atom stereocenters. The summed E-state index contributed by atoms with van der Waals surface area (Å²) in [6.07, 6.45) is 0. The Kier molecular flexibility index (Phi) is 6.57. The van der Waals surface area contributed by atoms with Gasteiger partial charge in [-0.15, -0.1) is 11.3 Å². The molecule has 0 saturated heterocycles. The number of rotatable bonds is 6. The van der Waals surface area contributed by atoms with E-state index in [4.69, 9.17) is 9.47 Å². The maximum atomic E-state index is 12.3. The Bertz CT molecular complexity index is 873. The first-order chi connectivity index (χ1) is 12.8. The number of hydrogen-bond acceptors (Lipinski definition) is 6. The molecule has 7 nitrogen and oxygen atoms in total. The molecule has 1 heterocycles. The van der Waals surface area contributed by atoms with Gasteiger partial charge < -0.3 is 19.7 Å². The molecular weight excluding hydrogens is 368 g/mol. The van der Waals surface area contributed by atoms with Crippen molar-refractivity contribution in [1.29, 1.82) is 0 Å². The molecule has 0 saturated carbocycles. The molecule has 2 aromatic rings. The molecule has 0 bridgehead atoms. The molecule has 0 radical (unpaired) electrons. The highest BCUT2D eigenvalue weighted by molar-refractivity contribution is 7.18. The van der Waals surface area contributed by atoms with E-state index in [1.54, 1.807) is 27.1 Å². The molecule has 8 heteroatoms. The van der Waals surface area contributed by atoms with Crippen LogP contribution in [0.3, 0.4) is 0 Å². The maximum absolute atomic E-state index is 12.3. The number of esters is 1. The monoisotopic (exact) mass is 390 g/mol. The average molecular weight is 390 g/mol. The predicted octanol–water partition coefficient (Wildman–Crippen LogP) is 2.87. The van der Waals surface area contributed by atoms with Crippen molar-refractivity contribution in [3.8, 4) is 5.75 Å². The summed E-state index contributed by atoms with van der Waals surface area (Å²) in [5, 5.41) is 2.92. The Morgan fingerprint density at radius 3 is 2.41 bits per heavy atom. The highest BCUT2D eigenvalue weighted by Gasteiger charge is 2.27. The standard InChI is InChI=1S/C19H22N2O5S/c1-11-8-6-7-9-13(11)26-10-14(22)20-17-15(19(24)25-5)12(2)16(27-17)18(23)21(3)4/h6-9H,10H2,1-5H3,(H,20,22). The van der Waals surface area contributed by atoms with E-state index in [9.17, 15) is 14.4 Å². The van der Waals surface area contributed by atoms with Crippen LogP contribution < -0.4 is 10.1 Å². The van der Waals surface area contributed by atoms with Gasteiger partial charge in [0, 0.05) is 14.1 Å². The molecule has 0 aliphatic rings. The van der Waals surface area contributed by atoms with Crippen LogP contribution in [0.15, 0.2) is 24.3 Å². The Morgan fingerprint density at radius 1 is 1.15 bits per heavy atom. The Hall–Kier alpha value is -2.87. The van der Waals surface area contributed by atoms with E-state index in [0.717, 1.165) is 16.9 Å². The second-order valence-electron chi connectivity index (χ2n) is 6.05. The Labute approximate surface area is 161 Å². The number of ether oxygens (including phenoxy) is 2. The molecule has 2 amide bonds. The molecular formula is C19H22N2O5S. The van der Waals surface area contributed by atoms with Gasteiger partial charge in [-0.05, 0) is 31.0 Å². The fourth-order valence-corrected chi connectivity index (χ4v) is 3.61. The zero-order valence-corrected chi connectivity index (χ0v) is 16.7. The zero-order chi connectivity index (χ0) is 20.1. The van der Waals surface area contributed by atoms with Crippen LogP contribution in [0.2, 0.25) is 0 Å². The van der Waals surface area contributed by atoms with E-state index in [0.29, 0.717) is 16.2 Å². The highest BCUT2D eigenvalue weighted by atomic mass is 32.1. The molecule has 144 valence electrons. The van der Waals surface area contributed by atoms with Crippen molar-refractivity contribution in [1.82, 2.24) is 4.90 Å². The smallest absolute Gasteiger partial charge is 0.341 e. The maximum Gasteiger partial charge on any atom is 0.341 e. The Morgan fingerprint density at radius 2 is 1.81 bits per heavy atom. The van der Waals surface area contributed by atoms with Gasteiger partial charge in [-0.2, -0.15) is 0 Å². The third-order valence-electron chi connectivity index (χ3n) is 3.84. The van der Waals surface area contributed by atoms with E-state index < -0.39 is 11.9 Å². The normalized spacial score (nSPS) is 10.3. The number of nitrogens with zero attached hydrogens (tertiary/aromatic N) is 1. The molecule has 0 atom stereocenters. The van der Waals surface area contributed by atoms with Crippen LogP contribution in [0.4, 0.5) is 5.00 Å². The third-order valence-corrected chi connectivity index (χ3v) is 5.04. The number of amides is 2. The fourth-order valence-electron chi connectivity index (χ4n) is 2.38. The topological polar surface area (TPSA) is 84.9 Å². The van der Waals surface area contributed by atoms with E-state index in [1.165, 1.54) is 12.0 Å². The van der Waals surface area contributed by atoms with Gasteiger partial charge in [0.05, 0.1) is 17.6 Å². The van der Waals surface area contributed by atoms with Crippen molar-refractivity contribution >= 4 is 34.1 Å². The first-order valence-electron chi connectivity index (χ1n) is 8.17. The van der Waals surface area contributed by atoms with Gasteiger partial charge in [0.15, 0.2) is 6.61 Å². The number of benzene rings is 1. The van der Waals surface area contributed by atoms with Gasteiger partial charge in [-0.3, -0.25) is 9.59 Å². The van der Waals surface area contributed by atoms with Crippen LogP contribution in [0.5, 0.6) is 5.75 Å². The number of carbonyl (C=O) groups excluding carboxylic acids is 3. The third kappa shape index (κ3) is 4.65. The lowest BCUT2D eigenvalue weighted by molar-refractivity contribution is -0.118. The fraction of sp³-hybridized carbons (Fsp3) is 0.316. The molecule has 0 spiro atoms. The summed E-state index contributed by atoms with van der Waals surface area (Å²) >= 11 is 1.04. The second-order valence-corrected chi connectivity index (χ2v) is 7.07. The summed E-state index contributed by atoms with van der Waals surface area (Å²) in [6, 6.07) is 7.34. The van der Waals surface area contributed by atoms with Crippen molar-refractivity contribution in [2.24, 2.45) is 0 Å². The molecule has 1 aromatic heterocycles. The molecule has 0 aliphatic heterocycles. The van der Waals surface area contributed by atoms with Crippen LogP contribution in [0.25, 0.3) is 0 Å². The summed E-state index contributed by atoms with van der Waals surface area (Å²) in [7, 11) is 4.49. The minimum absolute atomic E-state index is 0.178. The van der Waals surface area contributed by atoms with Gasteiger partial charge in [0.2, 0.25) is 0 Å². The lowest BCUT2D eigenvalue weighted by Gasteiger charge is -2.09. The van der Waals surface area contributed by atoms with Crippen LogP contribution in [-0.2, 0) is 9.53 Å². The number of hydrogen-bond donors (Lipinski definition) is 1. The molecule has 0 fully saturated rings. The SMILES string of the molecule is COC(=O)c1c(NC(=O)COc2ccccc2C)sc(C(=O)N(C)C)c1C. The largest absolute Gasteiger partial charge is 0.483 e. The number of anilines is 1. The minimum Gasteiger partial charge on any atom is -0.483 e. The van der Waals surface area contributed by atoms with E-state index in [-0.39, 0.29) is 23.1 Å². The molecule has 0 aliphatic carbocycles. The molecule has 1 aromatic carbocycles. The van der Waals surface area contributed by atoms with Crippen LogP contribution in [-0.4, -0.2) is 50.5 Å². The van der Waals surface area contributed by atoms with E-state index in [1.807, 2.05) is 25.1 Å².